The molecule has 1 aromatic rings. The second-order valence-electron chi connectivity index (χ2n) is 4.12. The van der Waals surface area contributed by atoms with Crippen molar-refractivity contribution in [3.05, 3.63) is 35.4 Å². The van der Waals surface area contributed by atoms with Gasteiger partial charge in [-0.1, -0.05) is 31.3 Å². The highest BCUT2D eigenvalue weighted by atomic mass is 32.1. The highest BCUT2D eigenvalue weighted by molar-refractivity contribution is 7.80. The zero-order chi connectivity index (χ0) is 13.0. The van der Waals surface area contributed by atoms with Crippen molar-refractivity contribution in [1.82, 2.24) is 4.90 Å². The first kappa shape index (κ1) is 13.6. The average Bonchev–Trinajstić information content (AvgIpc) is 2.36. The summed E-state index contributed by atoms with van der Waals surface area (Å²) in [7, 11) is 1.81. The second kappa shape index (κ2) is 5.77. The molecule has 3 nitrogen and oxygen atoms in total. The van der Waals surface area contributed by atoms with Gasteiger partial charge in [0.1, 0.15) is 4.99 Å². The summed E-state index contributed by atoms with van der Waals surface area (Å²) in [5, 5.41) is 0. The molecule has 1 rings (SSSR count). The molecule has 0 aliphatic carbocycles. The Kier molecular flexibility index (Phi) is 4.63. The van der Waals surface area contributed by atoms with Gasteiger partial charge < -0.3 is 10.6 Å². The van der Waals surface area contributed by atoms with Crippen LogP contribution >= 0.6 is 12.2 Å². The van der Waals surface area contributed by atoms with Crippen LogP contribution < -0.4 is 5.73 Å². The van der Waals surface area contributed by atoms with Crippen LogP contribution in [0.25, 0.3) is 0 Å². The third kappa shape index (κ3) is 3.27. The molecule has 2 N–H and O–H groups in total. The lowest BCUT2D eigenvalue weighted by Crippen LogP contribution is -2.34. The molecule has 0 aliphatic rings. The zero-order valence-electron chi connectivity index (χ0n) is 10.4. The van der Waals surface area contributed by atoms with Crippen molar-refractivity contribution in [3.8, 4) is 0 Å². The van der Waals surface area contributed by atoms with Gasteiger partial charge in [-0.3, -0.25) is 4.79 Å². The molecule has 0 saturated heterocycles. The van der Waals surface area contributed by atoms with E-state index in [-0.39, 0.29) is 11.9 Å². The number of nitrogens with zero attached hydrogens (tertiary/aromatic N) is 1. The normalized spacial score (nSPS) is 11.9. The molecule has 1 aromatic carbocycles. The quantitative estimate of drug-likeness (QED) is 0.833. The van der Waals surface area contributed by atoms with Gasteiger partial charge in [-0.25, -0.2) is 0 Å². The molecule has 17 heavy (non-hydrogen) atoms. The number of thiocarbonyl (C=S) groups is 1. The van der Waals surface area contributed by atoms with Gasteiger partial charge in [0.05, 0.1) is 0 Å². The van der Waals surface area contributed by atoms with Crippen LogP contribution in [0.5, 0.6) is 0 Å². The first-order valence-corrected chi connectivity index (χ1v) is 6.05. The highest BCUT2D eigenvalue weighted by Gasteiger charge is 2.16. The fourth-order valence-electron chi connectivity index (χ4n) is 1.48. The molecule has 0 bridgehead atoms. The Morgan fingerprint density at radius 1 is 1.47 bits per heavy atom. The minimum absolute atomic E-state index is 0.00236. The molecule has 1 amide bonds. The third-order valence-corrected chi connectivity index (χ3v) is 3.20. The van der Waals surface area contributed by atoms with Gasteiger partial charge in [-0.15, -0.1) is 0 Å². The maximum absolute atomic E-state index is 12.2. The van der Waals surface area contributed by atoms with Gasteiger partial charge in [0.2, 0.25) is 0 Å². The molecule has 0 heterocycles. The van der Waals surface area contributed by atoms with Crippen molar-refractivity contribution in [2.24, 2.45) is 5.73 Å². The van der Waals surface area contributed by atoms with Crippen LogP contribution in [0.15, 0.2) is 24.3 Å². The molecule has 0 aromatic heterocycles. The largest absolute Gasteiger partial charge is 0.389 e. The maximum Gasteiger partial charge on any atom is 0.253 e. The van der Waals surface area contributed by atoms with Gasteiger partial charge in [-0.05, 0) is 25.5 Å². The number of carbonyl (C=O) groups excluding carboxylic acids is 1. The molecule has 0 saturated carbocycles. The summed E-state index contributed by atoms with van der Waals surface area (Å²) in [4.78, 5) is 14.2. The number of benzene rings is 1. The summed E-state index contributed by atoms with van der Waals surface area (Å²) in [5.41, 5.74) is 6.90. The maximum atomic E-state index is 12.2. The van der Waals surface area contributed by atoms with Crippen LogP contribution in [0.4, 0.5) is 0 Å². The van der Waals surface area contributed by atoms with E-state index in [1.165, 1.54) is 0 Å². The third-order valence-electron chi connectivity index (χ3n) is 2.97. The highest BCUT2D eigenvalue weighted by Crippen LogP contribution is 2.11. The van der Waals surface area contributed by atoms with Crippen LogP contribution in [0.1, 0.15) is 36.2 Å². The number of amides is 1. The fourth-order valence-corrected chi connectivity index (χ4v) is 1.61. The van der Waals surface area contributed by atoms with E-state index in [2.05, 4.69) is 6.92 Å². The summed E-state index contributed by atoms with van der Waals surface area (Å²) >= 11 is 4.90. The summed E-state index contributed by atoms with van der Waals surface area (Å²) in [6.45, 7) is 4.08. The molecular formula is C13H18N2OS. The van der Waals surface area contributed by atoms with Crippen molar-refractivity contribution in [1.29, 1.82) is 0 Å². The Morgan fingerprint density at radius 3 is 2.59 bits per heavy atom. The van der Waals surface area contributed by atoms with Crippen molar-refractivity contribution < 1.29 is 4.79 Å². The van der Waals surface area contributed by atoms with E-state index in [9.17, 15) is 4.79 Å². The Balaban J connectivity index is 2.96. The Morgan fingerprint density at radius 2 is 2.06 bits per heavy atom. The zero-order valence-corrected chi connectivity index (χ0v) is 11.3. The summed E-state index contributed by atoms with van der Waals surface area (Å²) in [6.07, 6.45) is 0.928. The summed E-state index contributed by atoms with van der Waals surface area (Å²) in [5.74, 6) is -0.00236. The topological polar surface area (TPSA) is 46.3 Å². The Hall–Kier alpha value is -1.42. The molecular weight excluding hydrogens is 232 g/mol. The minimum Gasteiger partial charge on any atom is -0.389 e. The predicted molar refractivity (Wildman–Crippen MR) is 74.2 cm³/mol. The number of nitrogens with two attached hydrogens (primary N) is 1. The standard InChI is InChI=1S/C13H18N2OS/c1-4-9(2)15(3)13(16)11-7-5-6-10(8-11)12(14)17/h5-9H,4H2,1-3H3,(H2,14,17). The first-order valence-electron chi connectivity index (χ1n) is 5.64. The number of rotatable bonds is 4. The number of hydrogen-bond donors (Lipinski definition) is 1. The SMILES string of the molecule is CCC(C)N(C)C(=O)c1cccc(C(N)=S)c1. The average molecular weight is 250 g/mol. The molecule has 1 unspecified atom stereocenters. The summed E-state index contributed by atoms with van der Waals surface area (Å²) < 4.78 is 0. The van der Waals surface area contributed by atoms with Crippen molar-refractivity contribution in [2.45, 2.75) is 26.3 Å². The van der Waals surface area contributed by atoms with E-state index in [4.69, 9.17) is 18.0 Å². The smallest absolute Gasteiger partial charge is 0.253 e. The van der Waals surface area contributed by atoms with E-state index in [0.29, 0.717) is 10.6 Å². The lowest BCUT2D eigenvalue weighted by molar-refractivity contribution is 0.0740. The van der Waals surface area contributed by atoms with Crippen molar-refractivity contribution in [3.63, 3.8) is 0 Å². The first-order chi connectivity index (χ1) is 7.97. The Bertz CT molecular complexity index is 431. The molecule has 92 valence electrons. The van der Waals surface area contributed by atoms with Crippen LogP contribution in [0.3, 0.4) is 0 Å². The van der Waals surface area contributed by atoms with Crippen LogP contribution in [-0.2, 0) is 0 Å². The van der Waals surface area contributed by atoms with Gasteiger partial charge in [0.15, 0.2) is 0 Å². The van der Waals surface area contributed by atoms with Crippen LogP contribution in [-0.4, -0.2) is 28.9 Å². The van der Waals surface area contributed by atoms with Crippen LogP contribution in [0.2, 0.25) is 0 Å². The Labute approximate surface area is 108 Å². The van der Waals surface area contributed by atoms with Gasteiger partial charge >= 0.3 is 0 Å². The molecule has 1 atom stereocenters. The molecule has 0 spiro atoms. The van der Waals surface area contributed by atoms with Gasteiger partial charge in [-0.2, -0.15) is 0 Å². The molecule has 4 heteroatoms. The number of carbonyl (C=O) groups is 1. The number of hydrogen-bond acceptors (Lipinski definition) is 2. The second-order valence-corrected chi connectivity index (χ2v) is 4.56. The van der Waals surface area contributed by atoms with Crippen molar-refractivity contribution in [2.75, 3.05) is 7.05 Å². The predicted octanol–water partition coefficient (Wildman–Crippen LogP) is 2.19. The van der Waals surface area contributed by atoms with Crippen LogP contribution in [0, 0.1) is 0 Å². The van der Waals surface area contributed by atoms with E-state index >= 15 is 0 Å². The van der Waals surface area contributed by atoms with E-state index in [1.54, 1.807) is 23.1 Å². The fraction of sp³-hybridized carbons (Fsp3) is 0.385. The van der Waals surface area contributed by atoms with E-state index in [0.717, 1.165) is 12.0 Å². The van der Waals surface area contributed by atoms with Gasteiger partial charge in [0, 0.05) is 24.2 Å². The monoisotopic (exact) mass is 250 g/mol. The lowest BCUT2D eigenvalue weighted by Gasteiger charge is -2.24. The minimum atomic E-state index is -0.00236. The van der Waals surface area contributed by atoms with Gasteiger partial charge in [0.25, 0.3) is 5.91 Å². The van der Waals surface area contributed by atoms with E-state index in [1.807, 2.05) is 20.0 Å². The molecule has 0 radical (unpaired) electrons. The van der Waals surface area contributed by atoms with E-state index < -0.39 is 0 Å². The molecule has 0 aliphatic heterocycles. The summed E-state index contributed by atoms with van der Waals surface area (Å²) in [6, 6.07) is 7.34. The molecule has 0 fully saturated rings. The lowest BCUT2D eigenvalue weighted by atomic mass is 10.1. The van der Waals surface area contributed by atoms with Crippen molar-refractivity contribution >= 4 is 23.1 Å².